The van der Waals surface area contributed by atoms with E-state index in [1.165, 1.54) is 32.1 Å². The number of thiocarbonyl (C=S) groups is 1. The molecule has 1 nitrogen and oxygen atoms in total. The van der Waals surface area contributed by atoms with Crippen LogP contribution in [0.2, 0.25) is 0 Å². The normalized spacial score (nSPS) is 9.00. The van der Waals surface area contributed by atoms with Crippen LogP contribution in [-0.4, -0.2) is 11.0 Å². The van der Waals surface area contributed by atoms with Crippen LogP contribution < -0.4 is 0 Å². The van der Waals surface area contributed by atoms with Gasteiger partial charge in [0, 0.05) is 4.38 Å². The fraction of sp³-hybridized carbons (Fsp3) is 0.889. The molecule has 0 spiro atoms. The van der Waals surface area contributed by atoms with Crippen molar-refractivity contribution < 1.29 is 27.1 Å². The molecule has 0 aliphatic rings. The summed E-state index contributed by atoms with van der Waals surface area (Å²) in [5, 5.41) is 0. The van der Waals surface area contributed by atoms with E-state index in [1.807, 2.05) is 0 Å². The summed E-state index contributed by atoms with van der Waals surface area (Å²) in [6, 6.07) is 0. The van der Waals surface area contributed by atoms with Crippen molar-refractivity contribution in [2.45, 2.75) is 45.4 Å². The third kappa shape index (κ3) is 15.6. The van der Waals surface area contributed by atoms with E-state index in [0.717, 1.165) is 6.42 Å². The van der Waals surface area contributed by atoms with Gasteiger partial charge in [-0.05, 0) is 6.42 Å². The van der Waals surface area contributed by atoms with Crippen molar-refractivity contribution >= 4 is 29.2 Å². The Morgan fingerprint density at radius 2 is 1.69 bits per heavy atom. The van der Waals surface area contributed by atoms with Gasteiger partial charge in [-0.25, -0.2) is 0 Å². The van der Waals surface area contributed by atoms with Gasteiger partial charge in [0.25, 0.3) is 0 Å². The van der Waals surface area contributed by atoms with E-state index in [2.05, 4.69) is 31.8 Å². The smallest absolute Gasteiger partial charge is 0.514 e. The van der Waals surface area contributed by atoms with Gasteiger partial charge >= 0.3 is 22.4 Å². The molecule has 4 heteroatoms. The minimum absolute atomic E-state index is 0. The second kappa shape index (κ2) is 12.9. The maximum atomic E-state index is 4.99. The van der Waals surface area contributed by atoms with Gasteiger partial charge in [-0.1, -0.05) is 39.0 Å². The maximum Gasteiger partial charge on any atom is 1.00 e. The Balaban J connectivity index is 0. The molecular formula is C9H17AgOS2. The Kier molecular flexibility index (Phi) is 16.1. The average Bonchev–Trinajstić information content (AvgIpc) is 2.02. The van der Waals surface area contributed by atoms with Crippen molar-refractivity contribution in [2.24, 2.45) is 0 Å². The van der Waals surface area contributed by atoms with Crippen molar-refractivity contribution in [2.75, 3.05) is 6.61 Å². The third-order valence-electron chi connectivity index (χ3n) is 1.72. The third-order valence-corrected chi connectivity index (χ3v) is 1.95. The molecule has 0 aromatic carbocycles. The van der Waals surface area contributed by atoms with Crippen LogP contribution in [0, 0.1) is 0 Å². The first kappa shape index (κ1) is 16.3. The van der Waals surface area contributed by atoms with Gasteiger partial charge in [0.1, 0.15) is 0 Å². The Labute approximate surface area is 108 Å². The zero-order valence-electron chi connectivity index (χ0n) is 7.98. The fourth-order valence-corrected chi connectivity index (χ4v) is 1.20. The van der Waals surface area contributed by atoms with Gasteiger partial charge in [-0.2, -0.15) is 0 Å². The summed E-state index contributed by atoms with van der Waals surface area (Å²) in [4.78, 5) is 0. The molecule has 0 heterocycles. The van der Waals surface area contributed by atoms with E-state index in [1.54, 1.807) is 0 Å². The van der Waals surface area contributed by atoms with E-state index >= 15 is 0 Å². The van der Waals surface area contributed by atoms with E-state index in [0.29, 0.717) is 6.61 Å². The zero-order valence-corrected chi connectivity index (χ0v) is 11.1. The minimum Gasteiger partial charge on any atom is -0.514 e. The molecule has 13 heavy (non-hydrogen) atoms. The summed E-state index contributed by atoms with van der Waals surface area (Å²) in [5.41, 5.74) is 0. The molecule has 0 aliphatic carbocycles. The number of unbranched alkanes of at least 4 members (excludes halogenated alkanes) is 5. The first-order valence-electron chi connectivity index (χ1n) is 4.61. The molecule has 0 unspecified atom stereocenters. The van der Waals surface area contributed by atoms with Crippen LogP contribution in [0.1, 0.15) is 45.4 Å². The van der Waals surface area contributed by atoms with E-state index < -0.39 is 0 Å². The van der Waals surface area contributed by atoms with Crippen LogP contribution in [0.25, 0.3) is 0 Å². The number of rotatable bonds is 7. The maximum absolute atomic E-state index is 4.99. The van der Waals surface area contributed by atoms with Crippen molar-refractivity contribution in [1.29, 1.82) is 0 Å². The first-order chi connectivity index (χ1) is 5.77. The molecule has 0 saturated carbocycles. The van der Waals surface area contributed by atoms with Crippen LogP contribution in [0.15, 0.2) is 0 Å². The Hall–Kier alpha value is 0.850. The monoisotopic (exact) mass is 312 g/mol. The fourth-order valence-electron chi connectivity index (χ4n) is 1.04. The second-order valence-electron chi connectivity index (χ2n) is 2.87. The van der Waals surface area contributed by atoms with Crippen molar-refractivity contribution in [1.82, 2.24) is 0 Å². The average molecular weight is 313 g/mol. The summed E-state index contributed by atoms with van der Waals surface area (Å²) < 4.78 is 5.25. The van der Waals surface area contributed by atoms with Gasteiger partial charge in [-0.3, -0.25) is 0 Å². The van der Waals surface area contributed by atoms with Gasteiger partial charge in [0.05, 0.1) is 6.61 Å². The molecule has 0 aliphatic heterocycles. The standard InChI is InChI=1S/C9H18OS2.Ag/c1-2-3-4-5-6-7-8-10-9(11)12;/h2-8H2,1H3,(H,11,12);/q;+1/p-1. The van der Waals surface area contributed by atoms with Gasteiger partial charge in [-0.15, -0.1) is 0 Å². The zero-order chi connectivity index (χ0) is 9.23. The summed E-state index contributed by atoms with van der Waals surface area (Å²) >= 11 is 9.22. The molecule has 0 radical (unpaired) electrons. The van der Waals surface area contributed by atoms with Crippen LogP contribution >= 0.6 is 12.2 Å². The summed E-state index contributed by atoms with van der Waals surface area (Å²) in [6.45, 7) is 2.92. The largest absolute Gasteiger partial charge is 1.00 e. The Morgan fingerprint density at radius 3 is 2.23 bits per heavy atom. The van der Waals surface area contributed by atoms with Gasteiger partial charge in [0.15, 0.2) is 0 Å². The van der Waals surface area contributed by atoms with Crippen LogP contribution in [0.4, 0.5) is 0 Å². The minimum atomic E-state index is 0. The molecule has 0 N–H and O–H groups in total. The molecule has 82 valence electrons. The van der Waals surface area contributed by atoms with Crippen LogP contribution in [0.3, 0.4) is 0 Å². The topological polar surface area (TPSA) is 9.23 Å². The Morgan fingerprint density at radius 1 is 1.15 bits per heavy atom. The van der Waals surface area contributed by atoms with E-state index in [4.69, 9.17) is 4.74 Å². The van der Waals surface area contributed by atoms with Gasteiger partial charge in [0.2, 0.25) is 0 Å². The predicted octanol–water partition coefficient (Wildman–Crippen LogP) is 3.19. The van der Waals surface area contributed by atoms with Crippen molar-refractivity contribution in [3.05, 3.63) is 0 Å². The van der Waals surface area contributed by atoms with Gasteiger partial charge < -0.3 is 29.6 Å². The summed E-state index contributed by atoms with van der Waals surface area (Å²) in [6.07, 6.45) is 7.61. The van der Waals surface area contributed by atoms with Crippen LogP contribution in [-0.2, 0) is 39.7 Å². The number of hydrogen-bond acceptors (Lipinski definition) is 3. The van der Waals surface area contributed by atoms with E-state index in [-0.39, 0.29) is 26.8 Å². The molecule has 0 atom stereocenters. The van der Waals surface area contributed by atoms with Crippen molar-refractivity contribution in [3.8, 4) is 0 Å². The number of ether oxygens (including phenoxy) is 1. The molecule has 0 aromatic heterocycles. The van der Waals surface area contributed by atoms with Crippen LogP contribution in [0.5, 0.6) is 0 Å². The quantitative estimate of drug-likeness (QED) is 0.309. The Bertz CT molecular complexity index is 120. The molecule has 0 rings (SSSR count). The molecule has 0 amide bonds. The number of hydrogen-bond donors (Lipinski definition) is 0. The summed E-state index contributed by atoms with van der Waals surface area (Å²) in [5.74, 6) is 0. The first-order valence-corrected chi connectivity index (χ1v) is 5.42. The SMILES string of the molecule is CCCCCCCCOC(=S)[S-].[Ag+]. The molecule has 0 bridgehead atoms. The molecule has 0 aromatic rings. The predicted molar refractivity (Wildman–Crippen MR) is 59.3 cm³/mol. The molecule has 0 saturated heterocycles. The summed E-state index contributed by atoms with van der Waals surface area (Å²) in [7, 11) is 0. The van der Waals surface area contributed by atoms with E-state index in [9.17, 15) is 0 Å². The van der Waals surface area contributed by atoms with Crippen molar-refractivity contribution in [3.63, 3.8) is 0 Å². The molecule has 0 fully saturated rings. The molecular weight excluding hydrogens is 296 g/mol. The second-order valence-corrected chi connectivity index (χ2v) is 3.87.